The summed E-state index contributed by atoms with van der Waals surface area (Å²) in [5.41, 5.74) is 2.65. The summed E-state index contributed by atoms with van der Waals surface area (Å²) in [6, 6.07) is 5.56. The fourth-order valence-corrected chi connectivity index (χ4v) is 1.65. The van der Waals surface area contributed by atoms with Crippen molar-refractivity contribution in [1.29, 1.82) is 0 Å². The van der Waals surface area contributed by atoms with E-state index in [1.54, 1.807) is 13.1 Å². The SMILES string of the molecule is Cc1cccc(C(=O)N(C)C[C@H](O)CO)c1C. The van der Waals surface area contributed by atoms with Gasteiger partial charge in [-0.25, -0.2) is 0 Å². The Balaban J connectivity index is 2.85. The third-order valence-corrected chi connectivity index (χ3v) is 2.88. The van der Waals surface area contributed by atoms with Crippen LogP contribution in [0.4, 0.5) is 0 Å². The summed E-state index contributed by atoms with van der Waals surface area (Å²) in [6.07, 6.45) is -0.894. The van der Waals surface area contributed by atoms with E-state index >= 15 is 0 Å². The molecule has 0 unspecified atom stereocenters. The Morgan fingerprint density at radius 2 is 2.06 bits per heavy atom. The van der Waals surface area contributed by atoms with E-state index in [0.717, 1.165) is 11.1 Å². The summed E-state index contributed by atoms with van der Waals surface area (Å²) in [7, 11) is 1.61. The highest BCUT2D eigenvalue weighted by molar-refractivity contribution is 5.95. The molecule has 1 atom stereocenters. The van der Waals surface area contributed by atoms with Gasteiger partial charge in [0.2, 0.25) is 0 Å². The van der Waals surface area contributed by atoms with Gasteiger partial charge in [-0.3, -0.25) is 4.79 Å². The number of likely N-dealkylation sites (N-methyl/N-ethyl adjacent to an activating group) is 1. The minimum absolute atomic E-state index is 0.128. The van der Waals surface area contributed by atoms with Crippen LogP contribution in [0.15, 0.2) is 18.2 Å². The molecule has 1 rings (SSSR count). The molecule has 0 heterocycles. The lowest BCUT2D eigenvalue weighted by molar-refractivity contribution is 0.0519. The summed E-state index contributed by atoms with van der Waals surface area (Å²) in [6.45, 7) is 3.64. The van der Waals surface area contributed by atoms with Crippen LogP contribution in [0.1, 0.15) is 21.5 Å². The lowest BCUT2D eigenvalue weighted by atomic mass is 10.0. The van der Waals surface area contributed by atoms with E-state index in [2.05, 4.69) is 0 Å². The first-order chi connectivity index (χ1) is 7.97. The van der Waals surface area contributed by atoms with E-state index < -0.39 is 6.10 Å². The second-order valence-corrected chi connectivity index (χ2v) is 4.27. The van der Waals surface area contributed by atoms with Crippen molar-refractivity contribution in [3.63, 3.8) is 0 Å². The standard InChI is InChI=1S/C13H19NO3/c1-9-5-4-6-12(10(9)2)13(17)14(3)7-11(16)8-15/h4-6,11,15-16H,7-8H2,1-3H3/t11-/m0/s1. The van der Waals surface area contributed by atoms with Crippen LogP contribution in [0.3, 0.4) is 0 Å². The molecule has 1 aromatic rings. The zero-order valence-electron chi connectivity index (χ0n) is 10.5. The fraction of sp³-hybridized carbons (Fsp3) is 0.462. The highest BCUT2D eigenvalue weighted by atomic mass is 16.3. The van der Waals surface area contributed by atoms with Crippen LogP contribution in [0, 0.1) is 13.8 Å². The van der Waals surface area contributed by atoms with Gasteiger partial charge in [0.1, 0.15) is 0 Å². The average molecular weight is 237 g/mol. The maximum Gasteiger partial charge on any atom is 0.253 e. The Morgan fingerprint density at radius 3 is 2.65 bits per heavy atom. The molecular weight excluding hydrogens is 218 g/mol. The number of amides is 1. The maximum absolute atomic E-state index is 12.1. The van der Waals surface area contributed by atoms with Gasteiger partial charge in [0.05, 0.1) is 12.7 Å². The Kier molecular flexibility index (Phi) is 4.66. The molecule has 0 fully saturated rings. The Labute approximate surface area is 101 Å². The molecule has 17 heavy (non-hydrogen) atoms. The number of nitrogens with zero attached hydrogens (tertiary/aromatic N) is 1. The molecule has 4 nitrogen and oxygen atoms in total. The number of carbonyl (C=O) groups excluding carboxylic acids is 1. The smallest absolute Gasteiger partial charge is 0.253 e. The molecule has 0 saturated carbocycles. The van der Waals surface area contributed by atoms with E-state index in [1.165, 1.54) is 4.90 Å². The van der Waals surface area contributed by atoms with Crippen LogP contribution in [-0.2, 0) is 0 Å². The molecule has 1 aromatic carbocycles. The molecule has 0 radical (unpaired) electrons. The van der Waals surface area contributed by atoms with Gasteiger partial charge < -0.3 is 15.1 Å². The first-order valence-electron chi connectivity index (χ1n) is 5.58. The second-order valence-electron chi connectivity index (χ2n) is 4.27. The van der Waals surface area contributed by atoms with E-state index in [4.69, 9.17) is 5.11 Å². The maximum atomic E-state index is 12.1. The molecule has 4 heteroatoms. The number of rotatable bonds is 4. The van der Waals surface area contributed by atoms with Gasteiger partial charge in [0, 0.05) is 19.2 Å². The predicted molar refractivity (Wildman–Crippen MR) is 66.0 cm³/mol. The van der Waals surface area contributed by atoms with E-state index in [9.17, 15) is 9.90 Å². The Bertz CT molecular complexity index is 404. The number of hydrogen-bond acceptors (Lipinski definition) is 3. The fourth-order valence-electron chi connectivity index (χ4n) is 1.65. The number of aliphatic hydroxyl groups excluding tert-OH is 2. The zero-order chi connectivity index (χ0) is 13.0. The molecule has 0 spiro atoms. The van der Waals surface area contributed by atoms with Crippen molar-refractivity contribution in [1.82, 2.24) is 4.90 Å². The van der Waals surface area contributed by atoms with Crippen molar-refractivity contribution in [3.05, 3.63) is 34.9 Å². The molecule has 0 aliphatic rings. The number of benzene rings is 1. The normalized spacial score (nSPS) is 12.3. The first-order valence-corrected chi connectivity index (χ1v) is 5.58. The van der Waals surface area contributed by atoms with Crippen molar-refractivity contribution in [2.45, 2.75) is 20.0 Å². The van der Waals surface area contributed by atoms with Crippen molar-refractivity contribution in [2.75, 3.05) is 20.2 Å². The van der Waals surface area contributed by atoms with Crippen molar-refractivity contribution >= 4 is 5.91 Å². The highest BCUT2D eigenvalue weighted by Crippen LogP contribution is 2.14. The van der Waals surface area contributed by atoms with Crippen molar-refractivity contribution < 1.29 is 15.0 Å². The molecule has 1 amide bonds. The van der Waals surface area contributed by atoms with Gasteiger partial charge in [-0.05, 0) is 31.0 Å². The monoisotopic (exact) mass is 237 g/mol. The molecule has 94 valence electrons. The summed E-state index contributed by atoms with van der Waals surface area (Å²) in [4.78, 5) is 13.5. The first kappa shape index (κ1) is 13.7. The van der Waals surface area contributed by atoms with Crippen LogP contribution >= 0.6 is 0 Å². The summed E-state index contributed by atoms with van der Waals surface area (Å²) < 4.78 is 0. The number of hydrogen-bond donors (Lipinski definition) is 2. The Hall–Kier alpha value is -1.39. The summed E-state index contributed by atoms with van der Waals surface area (Å²) >= 11 is 0. The lowest BCUT2D eigenvalue weighted by Crippen LogP contribution is -2.36. The second kappa shape index (κ2) is 5.80. The highest BCUT2D eigenvalue weighted by Gasteiger charge is 2.17. The third kappa shape index (κ3) is 3.28. The topological polar surface area (TPSA) is 60.8 Å². The molecule has 0 saturated heterocycles. The van der Waals surface area contributed by atoms with Gasteiger partial charge in [-0.15, -0.1) is 0 Å². The van der Waals surface area contributed by atoms with Gasteiger partial charge in [0.25, 0.3) is 5.91 Å². The van der Waals surface area contributed by atoms with E-state index in [1.807, 2.05) is 26.0 Å². The molecule has 0 bridgehead atoms. The molecule has 0 aliphatic carbocycles. The van der Waals surface area contributed by atoms with E-state index in [-0.39, 0.29) is 19.1 Å². The predicted octanol–water partition coefficient (Wildman–Crippen LogP) is 0.729. The molecule has 0 aromatic heterocycles. The number of aryl methyl sites for hydroxylation is 1. The van der Waals surface area contributed by atoms with Gasteiger partial charge in [-0.1, -0.05) is 12.1 Å². The van der Waals surface area contributed by atoms with Crippen molar-refractivity contribution in [2.24, 2.45) is 0 Å². The average Bonchev–Trinajstić information content (AvgIpc) is 2.31. The minimum Gasteiger partial charge on any atom is -0.394 e. The van der Waals surface area contributed by atoms with Crippen LogP contribution in [-0.4, -0.2) is 47.3 Å². The van der Waals surface area contributed by atoms with Gasteiger partial charge in [-0.2, -0.15) is 0 Å². The van der Waals surface area contributed by atoms with Crippen molar-refractivity contribution in [3.8, 4) is 0 Å². The third-order valence-electron chi connectivity index (χ3n) is 2.88. The lowest BCUT2D eigenvalue weighted by Gasteiger charge is -2.21. The zero-order valence-corrected chi connectivity index (χ0v) is 10.5. The Morgan fingerprint density at radius 1 is 1.41 bits per heavy atom. The van der Waals surface area contributed by atoms with Gasteiger partial charge >= 0.3 is 0 Å². The molecule has 2 N–H and O–H groups in total. The largest absolute Gasteiger partial charge is 0.394 e. The van der Waals surface area contributed by atoms with Crippen LogP contribution in [0.2, 0.25) is 0 Å². The molecular formula is C13H19NO3. The van der Waals surface area contributed by atoms with Crippen LogP contribution < -0.4 is 0 Å². The quantitative estimate of drug-likeness (QED) is 0.811. The molecule has 0 aliphatic heterocycles. The number of carbonyl (C=O) groups is 1. The minimum atomic E-state index is -0.894. The van der Waals surface area contributed by atoms with Crippen LogP contribution in [0.25, 0.3) is 0 Å². The van der Waals surface area contributed by atoms with Gasteiger partial charge in [0.15, 0.2) is 0 Å². The van der Waals surface area contributed by atoms with Crippen LogP contribution in [0.5, 0.6) is 0 Å². The summed E-state index contributed by atoms with van der Waals surface area (Å²) in [5.74, 6) is -0.140. The summed E-state index contributed by atoms with van der Waals surface area (Å²) in [5, 5.41) is 18.1. The number of aliphatic hydroxyl groups is 2. The van der Waals surface area contributed by atoms with E-state index in [0.29, 0.717) is 5.56 Å².